The number of hydrogen-bond donors (Lipinski definition) is 1. The Kier molecular flexibility index (Phi) is 5.78. The number of carbonyl (C=O) groups is 3. The van der Waals surface area contributed by atoms with Crippen molar-refractivity contribution in [2.24, 2.45) is 16.7 Å². The van der Waals surface area contributed by atoms with Crippen molar-refractivity contribution in [2.75, 3.05) is 5.32 Å². The van der Waals surface area contributed by atoms with E-state index in [0.29, 0.717) is 18.5 Å². The molecule has 4 rings (SSSR count). The molecule has 0 aromatic heterocycles. The molecule has 1 saturated carbocycles. The minimum absolute atomic E-state index is 0.228. The Bertz CT molecular complexity index is 1080. The van der Waals surface area contributed by atoms with E-state index in [1.54, 1.807) is 0 Å². The zero-order valence-electron chi connectivity index (χ0n) is 18.9. The number of fused-ring (bicyclic) bond motifs is 2. The van der Waals surface area contributed by atoms with Gasteiger partial charge in [0.25, 0.3) is 0 Å². The first-order chi connectivity index (χ1) is 15.1. The lowest BCUT2D eigenvalue weighted by Crippen LogP contribution is -2.64. The molecule has 2 aromatic carbocycles. The molecule has 1 aliphatic carbocycles. The van der Waals surface area contributed by atoms with Gasteiger partial charge in [-0.05, 0) is 64.4 Å². The van der Waals surface area contributed by atoms with Crippen molar-refractivity contribution in [3.63, 3.8) is 0 Å². The summed E-state index contributed by atoms with van der Waals surface area (Å²) in [5, 5.41) is 2.95. The predicted molar refractivity (Wildman–Crippen MR) is 128 cm³/mol. The third-order valence-corrected chi connectivity index (χ3v) is 8.38. The van der Waals surface area contributed by atoms with Crippen LogP contribution in [0.25, 0.3) is 0 Å². The zero-order valence-corrected chi connectivity index (χ0v) is 20.5. The van der Waals surface area contributed by atoms with E-state index >= 15 is 0 Å². The Morgan fingerprint density at radius 3 is 2.50 bits per heavy atom. The van der Waals surface area contributed by atoms with E-state index in [2.05, 4.69) is 21.2 Å². The van der Waals surface area contributed by atoms with E-state index in [-0.39, 0.29) is 30.1 Å². The lowest BCUT2D eigenvalue weighted by Gasteiger charge is -2.49. The normalized spacial score (nSPS) is 25.0. The van der Waals surface area contributed by atoms with Gasteiger partial charge in [-0.2, -0.15) is 0 Å². The SMILES string of the molecule is Cc1ccc(NC(=O)C(Cc2ccccc2)N2C(=O)C3CCC(C)(C2=O)C3(C)C)c(Br)c1. The van der Waals surface area contributed by atoms with Gasteiger partial charge in [0.2, 0.25) is 17.7 Å². The molecule has 3 atom stereocenters. The Balaban J connectivity index is 1.72. The van der Waals surface area contributed by atoms with Crippen molar-refractivity contribution in [2.45, 2.75) is 53.0 Å². The fourth-order valence-electron chi connectivity index (χ4n) is 5.22. The van der Waals surface area contributed by atoms with E-state index in [4.69, 9.17) is 0 Å². The van der Waals surface area contributed by atoms with Gasteiger partial charge in [0.05, 0.1) is 11.1 Å². The second kappa shape index (κ2) is 8.14. The second-order valence-electron chi connectivity index (χ2n) is 9.84. The monoisotopic (exact) mass is 496 g/mol. The summed E-state index contributed by atoms with van der Waals surface area (Å²) in [5.41, 5.74) is 1.49. The van der Waals surface area contributed by atoms with E-state index in [1.807, 2.05) is 76.2 Å². The third kappa shape index (κ3) is 3.58. The lowest BCUT2D eigenvalue weighted by molar-refractivity contribution is -0.172. The molecule has 2 aliphatic rings. The van der Waals surface area contributed by atoms with Gasteiger partial charge >= 0.3 is 0 Å². The van der Waals surface area contributed by atoms with Gasteiger partial charge in [-0.1, -0.05) is 57.2 Å². The molecule has 2 aromatic rings. The van der Waals surface area contributed by atoms with Crippen molar-refractivity contribution < 1.29 is 14.4 Å². The number of halogens is 1. The highest BCUT2D eigenvalue weighted by atomic mass is 79.9. The smallest absolute Gasteiger partial charge is 0.248 e. The fourth-order valence-corrected chi connectivity index (χ4v) is 5.81. The highest BCUT2D eigenvalue weighted by Crippen LogP contribution is 2.60. The van der Waals surface area contributed by atoms with Crippen molar-refractivity contribution in [1.82, 2.24) is 4.90 Å². The zero-order chi connectivity index (χ0) is 23.3. The van der Waals surface area contributed by atoms with Crippen LogP contribution in [0.2, 0.25) is 0 Å². The predicted octanol–water partition coefficient (Wildman–Crippen LogP) is 5.12. The summed E-state index contributed by atoms with van der Waals surface area (Å²) in [6.07, 6.45) is 1.61. The molecule has 1 N–H and O–H groups in total. The van der Waals surface area contributed by atoms with E-state index < -0.39 is 16.9 Å². The van der Waals surface area contributed by atoms with Crippen molar-refractivity contribution in [3.8, 4) is 0 Å². The number of piperidine rings is 1. The van der Waals surface area contributed by atoms with Crippen LogP contribution in [0.5, 0.6) is 0 Å². The summed E-state index contributed by atoms with van der Waals surface area (Å²) in [6, 6.07) is 14.3. The van der Waals surface area contributed by atoms with Crippen LogP contribution in [0.4, 0.5) is 5.69 Å². The van der Waals surface area contributed by atoms with Crippen LogP contribution < -0.4 is 5.32 Å². The molecule has 5 nitrogen and oxygen atoms in total. The quantitative estimate of drug-likeness (QED) is 0.584. The van der Waals surface area contributed by atoms with Crippen LogP contribution in [0.1, 0.15) is 44.7 Å². The third-order valence-electron chi connectivity index (χ3n) is 7.72. The average Bonchev–Trinajstić information content (AvgIpc) is 2.93. The van der Waals surface area contributed by atoms with Crippen LogP contribution in [0, 0.1) is 23.7 Å². The fraction of sp³-hybridized carbons (Fsp3) is 0.423. The molecular formula is C26H29BrN2O3. The number of rotatable bonds is 5. The maximum atomic E-state index is 13.7. The molecule has 3 unspecified atom stereocenters. The minimum atomic E-state index is -0.915. The van der Waals surface area contributed by atoms with E-state index in [9.17, 15) is 14.4 Å². The molecule has 6 heteroatoms. The summed E-state index contributed by atoms with van der Waals surface area (Å²) in [7, 11) is 0. The van der Waals surface area contributed by atoms with Crippen molar-refractivity contribution in [1.29, 1.82) is 0 Å². The molecule has 1 saturated heterocycles. The number of aryl methyl sites for hydroxylation is 1. The molecule has 1 heterocycles. The maximum absolute atomic E-state index is 13.7. The molecular weight excluding hydrogens is 468 g/mol. The molecule has 2 fully saturated rings. The molecule has 0 radical (unpaired) electrons. The first-order valence-electron chi connectivity index (χ1n) is 11.0. The van der Waals surface area contributed by atoms with Crippen LogP contribution >= 0.6 is 15.9 Å². The molecule has 32 heavy (non-hydrogen) atoms. The summed E-state index contributed by atoms with van der Waals surface area (Å²) in [5.74, 6) is -1.08. The van der Waals surface area contributed by atoms with Gasteiger partial charge in [-0.3, -0.25) is 19.3 Å². The van der Waals surface area contributed by atoms with Gasteiger partial charge in [-0.15, -0.1) is 0 Å². The van der Waals surface area contributed by atoms with Crippen LogP contribution in [-0.2, 0) is 20.8 Å². The number of anilines is 1. The number of nitrogens with zero attached hydrogens (tertiary/aromatic N) is 1. The molecule has 0 spiro atoms. The van der Waals surface area contributed by atoms with E-state index in [1.165, 1.54) is 4.90 Å². The lowest BCUT2D eigenvalue weighted by atomic mass is 9.62. The summed E-state index contributed by atoms with van der Waals surface area (Å²) < 4.78 is 0.758. The van der Waals surface area contributed by atoms with Gasteiger partial charge in [0.1, 0.15) is 6.04 Å². The van der Waals surface area contributed by atoms with Crippen molar-refractivity contribution in [3.05, 3.63) is 64.1 Å². The van der Waals surface area contributed by atoms with Gasteiger partial charge in [0.15, 0.2) is 0 Å². The molecule has 3 amide bonds. The number of likely N-dealkylation sites (tertiary alicyclic amines) is 1. The topological polar surface area (TPSA) is 66.5 Å². The number of carbonyl (C=O) groups excluding carboxylic acids is 3. The Hall–Kier alpha value is -2.47. The van der Waals surface area contributed by atoms with Gasteiger partial charge in [0, 0.05) is 16.8 Å². The first kappa shape index (κ1) is 22.7. The Morgan fingerprint density at radius 1 is 1.16 bits per heavy atom. The average molecular weight is 497 g/mol. The highest BCUT2D eigenvalue weighted by Gasteiger charge is 2.65. The number of amides is 3. The van der Waals surface area contributed by atoms with Crippen LogP contribution in [0.3, 0.4) is 0 Å². The number of hydrogen-bond acceptors (Lipinski definition) is 3. The Labute approximate surface area is 197 Å². The van der Waals surface area contributed by atoms with Crippen LogP contribution in [0.15, 0.2) is 53.0 Å². The molecule has 168 valence electrons. The second-order valence-corrected chi connectivity index (χ2v) is 10.7. The number of benzene rings is 2. The highest BCUT2D eigenvalue weighted by molar-refractivity contribution is 9.10. The first-order valence-corrected chi connectivity index (χ1v) is 11.8. The molecule has 1 aliphatic heterocycles. The van der Waals surface area contributed by atoms with Crippen molar-refractivity contribution >= 4 is 39.3 Å². The molecule has 2 bridgehead atoms. The van der Waals surface area contributed by atoms with Gasteiger partial charge < -0.3 is 5.32 Å². The number of imide groups is 1. The largest absolute Gasteiger partial charge is 0.323 e. The van der Waals surface area contributed by atoms with Crippen LogP contribution in [-0.4, -0.2) is 28.7 Å². The van der Waals surface area contributed by atoms with Gasteiger partial charge in [-0.25, -0.2) is 0 Å². The minimum Gasteiger partial charge on any atom is -0.323 e. The van der Waals surface area contributed by atoms with E-state index in [0.717, 1.165) is 15.6 Å². The maximum Gasteiger partial charge on any atom is 0.248 e. The summed E-state index contributed by atoms with van der Waals surface area (Å²) in [6.45, 7) is 7.93. The number of nitrogens with one attached hydrogen (secondary N) is 1. The summed E-state index contributed by atoms with van der Waals surface area (Å²) in [4.78, 5) is 42.2. The summed E-state index contributed by atoms with van der Waals surface area (Å²) >= 11 is 3.50. The Morgan fingerprint density at radius 2 is 1.84 bits per heavy atom. The standard InChI is InChI=1S/C26H29BrN2O3/c1-16-10-11-20(19(27)14-16)28-22(30)21(15-17-8-6-5-7-9-17)29-23(31)18-12-13-26(4,24(29)32)25(18,2)3/h5-11,14,18,21H,12-13,15H2,1-4H3,(H,28,30).